The Hall–Kier alpha value is -0.820. The molecule has 0 amide bonds. The predicted octanol–water partition coefficient (Wildman–Crippen LogP) is 3.42. The average Bonchev–Trinajstić information content (AvgIpc) is 2.17. The number of aryl methyl sites for hydroxylation is 2. The van der Waals surface area contributed by atoms with Gasteiger partial charge in [-0.25, -0.2) is 0 Å². The average molecular weight is 209 g/mol. The number of halogens is 1. The van der Waals surface area contributed by atoms with Crippen LogP contribution < -0.4 is 0 Å². The Labute approximate surface area is 89.1 Å². The van der Waals surface area contributed by atoms with E-state index in [9.17, 15) is 4.79 Å². The smallest absolute Gasteiger partial charge is 0.163 e. The fourth-order valence-electron chi connectivity index (χ4n) is 1.97. The summed E-state index contributed by atoms with van der Waals surface area (Å²) < 4.78 is 0. The van der Waals surface area contributed by atoms with Crippen LogP contribution in [0.15, 0.2) is 12.1 Å². The molecule has 1 aromatic carbocycles. The molecule has 0 saturated carbocycles. The fourth-order valence-corrected chi connectivity index (χ4v) is 2.29. The Morgan fingerprint density at radius 2 is 2.14 bits per heavy atom. The molecule has 1 aliphatic carbocycles. The molecule has 14 heavy (non-hydrogen) atoms. The maximum absolute atomic E-state index is 11.6. The third-order valence-corrected chi connectivity index (χ3v) is 3.16. The molecule has 1 nitrogen and oxygen atoms in total. The van der Waals surface area contributed by atoms with Crippen molar-refractivity contribution in [1.82, 2.24) is 0 Å². The van der Waals surface area contributed by atoms with E-state index >= 15 is 0 Å². The van der Waals surface area contributed by atoms with Gasteiger partial charge in [-0.2, -0.15) is 0 Å². The molecule has 2 heteroatoms. The number of hydrogen-bond acceptors (Lipinski definition) is 1. The summed E-state index contributed by atoms with van der Waals surface area (Å²) in [6.07, 6.45) is 3.54. The Balaban J connectivity index is 2.54. The third-order valence-electron chi connectivity index (χ3n) is 2.80. The SMILES string of the molecule is CCc1cc2c(cc1Cl)CCCC2=O. The highest BCUT2D eigenvalue weighted by molar-refractivity contribution is 6.31. The van der Waals surface area contributed by atoms with Gasteiger partial charge in [0.05, 0.1) is 0 Å². The molecule has 1 aliphatic rings. The molecule has 0 aliphatic heterocycles. The molecule has 0 spiro atoms. The summed E-state index contributed by atoms with van der Waals surface area (Å²) in [7, 11) is 0. The Morgan fingerprint density at radius 1 is 1.36 bits per heavy atom. The van der Waals surface area contributed by atoms with Crippen LogP contribution in [0.4, 0.5) is 0 Å². The van der Waals surface area contributed by atoms with Crippen molar-refractivity contribution in [2.24, 2.45) is 0 Å². The Bertz CT molecular complexity index is 382. The molecule has 0 saturated heterocycles. The van der Waals surface area contributed by atoms with Gasteiger partial charge in [0, 0.05) is 17.0 Å². The second-order valence-corrected chi connectivity index (χ2v) is 4.14. The van der Waals surface area contributed by atoms with E-state index in [1.807, 2.05) is 12.1 Å². The monoisotopic (exact) mass is 208 g/mol. The van der Waals surface area contributed by atoms with Gasteiger partial charge in [0.2, 0.25) is 0 Å². The first-order valence-corrected chi connectivity index (χ1v) is 5.44. The zero-order valence-corrected chi connectivity index (χ0v) is 9.03. The van der Waals surface area contributed by atoms with Crippen LogP contribution in [0.5, 0.6) is 0 Å². The molecule has 0 atom stereocenters. The van der Waals surface area contributed by atoms with Crippen molar-refractivity contribution in [2.75, 3.05) is 0 Å². The van der Waals surface area contributed by atoms with E-state index < -0.39 is 0 Å². The summed E-state index contributed by atoms with van der Waals surface area (Å²) in [4.78, 5) is 11.6. The van der Waals surface area contributed by atoms with Crippen molar-refractivity contribution < 1.29 is 4.79 Å². The van der Waals surface area contributed by atoms with Crippen molar-refractivity contribution in [3.63, 3.8) is 0 Å². The maximum atomic E-state index is 11.6. The van der Waals surface area contributed by atoms with E-state index in [1.165, 1.54) is 0 Å². The normalized spacial score (nSPS) is 15.4. The number of Topliss-reactive ketones (excluding diaryl/α,β-unsaturated/α-hetero) is 1. The zero-order valence-electron chi connectivity index (χ0n) is 8.27. The molecule has 1 aromatic rings. The fraction of sp³-hybridized carbons (Fsp3) is 0.417. The van der Waals surface area contributed by atoms with E-state index in [0.29, 0.717) is 6.42 Å². The number of carbonyl (C=O) groups is 1. The summed E-state index contributed by atoms with van der Waals surface area (Å²) in [5, 5.41) is 0.806. The summed E-state index contributed by atoms with van der Waals surface area (Å²) in [5.41, 5.74) is 3.11. The van der Waals surface area contributed by atoms with Crippen molar-refractivity contribution >= 4 is 17.4 Å². The van der Waals surface area contributed by atoms with Crippen LogP contribution in [0.3, 0.4) is 0 Å². The molecule has 0 heterocycles. The summed E-state index contributed by atoms with van der Waals surface area (Å²) in [5.74, 6) is 0.276. The van der Waals surface area contributed by atoms with Gasteiger partial charge in [-0.15, -0.1) is 0 Å². The van der Waals surface area contributed by atoms with Crippen LogP contribution in [0.1, 0.15) is 41.3 Å². The first kappa shape index (κ1) is 9.72. The highest BCUT2D eigenvalue weighted by Crippen LogP contribution is 2.27. The standard InChI is InChI=1S/C12H13ClO/c1-2-8-6-10-9(7-11(8)13)4-3-5-12(10)14/h6-7H,2-5H2,1H3. The van der Waals surface area contributed by atoms with Crippen LogP contribution in [-0.2, 0) is 12.8 Å². The molecule has 0 aromatic heterocycles. The van der Waals surface area contributed by atoms with Gasteiger partial charge in [0.15, 0.2) is 5.78 Å². The maximum Gasteiger partial charge on any atom is 0.163 e. The van der Waals surface area contributed by atoms with E-state index in [-0.39, 0.29) is 5.78 Å². The van der Waals surface area contributed by atoms with Gasteiger partial charge in [0.25, 0.3) is 0 Å². The molecular formula is C12H13ClO. The van der Waals surface area contributed by atoms with Gasteiger partial charge in [-0.3, -0.25) is 4.79 Å². The lowest BCUT2D eigenvalue weighted by molar-refractivity contribution is 0.0972. The van der Waals surface area contributed by atoms with Crippen LogP contribution in [0.25, 0.3) is 0 Å². The number of fused-ring (bicyclic) bond motifs is 1. The van der Waals surface area contributed by atoms with Crippen LogP contribution in [-0.4, -0.2) is 5.78 Å². The minimum absolute atomic E-state index is 0.276. The van der Waals surface area contributed by atoms with E-state index in [1.54, 1.807) is 0 Å². The molecule has 74 valence electrons. The first-order chi connectivity index (χ1) is 6.72. The van der Waals surface area contributed by atoms with Gasteiger partial charge in [-0.05, 0) is 42.5 Å². The van der Waals surface area contributed by atoms with Gasteiger partial charge < -0.3 is 0 Å². The number of ketones is 1. The lowest BCUT2D eigenvalue weighted by Gasteiger charge is -2.16. The third kappa shape index (κ3) is 1.57. The molecule has 0 N–H and O–H groups in total. The quantitative estimate of drug-likeness (QED) is 0.691. The summed E-state index contributed by atoms with van der Waals surface area (Å²) >= 11 is 6.10. The number of rotatable bonds is 1. The second-order valence-electron chi connectivity index (χ2n) is 3.73. The van der Waals surface area contributed by atoms with Crippen molar-refractivity contribution in [3.05, 3.63) is 33.8 Å². The zero-order chi connectivity index (χ0) is 10.1. The lowest BCUT2D eigenvalue weighted by atomic mass is 9.89. The van der Waals surface area contributed by atoms with Gasteiger partial charge in [-0.1, -0.05) is 18.5 Å². The molecule has 2 rings (SSSR count). The van der Waals surface area contributed by atoms with Crippen LogP contribution in [0, 0.1) is 0 Å². The van der Waals surface area contributed by atoms with E-state index in [2.05, 4.69) is 6.92 Å². The highest BCUT2D eigenvalue weighted by Gasteiger charge is 2.18. The van der Waals surface area contributed by atoms with Crippen LogP contribution in [0.2, 0.25) is 5.02 Å². The van der Waals surface area contributed by atoms with Crippen molar-refractivity contribution in [2.45, 2.75) is 32.6 Å². The molecule has 0 fully saturated rings. The minimum Gasteiger partial charge on any atom is -0.294 e. The van der Waals surface area contributed by atoms with Gasteiger partial charge in [0.1, 0.15) is 0 Å². The van der Waals surface area contributed by atoms with Crippen molar-refractivity contribution in [1.29, 1.82) is 0 Å². The first-order valence-electron chi connectivity index (χ1n) is 5.07. The number of hydrogen-bond donors (Lipinski definition) is 0. The molecular weight excluding hydrogens is 196 g/mol. The van der Waals surface area contributed by atoms with E-state index in [4.69, 9.17) is 11.6 Å². The number of carbonyl (C=O) groups excluding carboxylic acids is 1. The highest BCUT2D eigenvalue weighted by atomic mass is 35.5. The molecule has 0 bridgehead atoms. The largest absolute Gasteiger partial charge is 0.294 e. The Morgan fingerprint density at radius 3 is 2.86 bits per heavy atom. The summed E-state index contributed by atoms with van der Waals surface area (Å²) in [6, 6.07) is 3.94. The van der Waals surface area contributed by atoms with Crippen molar-refractivity contribution in [3.8, 4) is 0 Å². The topological polar surface area (TPSA) is 17.1 Å². The molecule has 0 radical (unpaired) electrons. The predicted molar refractivity (Wildman–Crippen MR) is 58.1 cm³/mol. The minimum atomic E-state index is 0.276. The molecule has 0 unspecified atom stereocenters. The lowest BCUT2D eigenvalue weighted by Crippen LogP contribution is -2.11. The van der Waals surface area contributed by atoms with Crippen LogP contribution >= 0.6 is 11.6 Å². The van der Waals surface area contributed by atoms with Gasteiger partial charge >= 0.3 is 0 Å². The Kier molecular flexibility index (Phi) is 2.60. The van der Waals surface area contributed by atoms with E-state index in [0.717, 1.165) is 41.0 Å². The number of benzene rings is 1. The summed E-state index contributed by atoms with van der Waals surface area (Å²) in [6.45, 7) is 2.06. The second kappa shape index (κ2) is 3.74.